The van der Waals surface area contributed by atoms with Crippen molar-refractivity contribution in [3.8, 4) is 0 Å². The second kappa shape index (κ2) is 4.19. The molecule has 96 valence electrons. The van der Waals surface area contributed by atoms with Crippen molar-refractivity contribution in [2.24, 2.45) is 11.8 Å². The highest BCUT2D eigenvalue weighted by atomic mass is 15.2. The van der Waals surface area contributed by atoms with Gasteiger partial charge in [-0.05, 0) is 24.7 Å². The van der Waals surface area contributed by atoms with E-state index in [4.69, 9.17) is 0 Å². The Bertz CT molecular complexity index is 447. The van der Waals surface area contributed by atoms with Crippen molar-refractivity contribution in [1.29, 1.82) is 0 Å². The van der Waals surface area contributed by atoms with Crippen LogP contribution in [-0.4, -0.2) is 29.6 Å². The van der Waals surface area contributed by atoms with Crippen molar-refractivity contribution in [2.45, 2.75) is 32.2 Å². The fourth-order valence-corrected chi connectivity index (χ4v) is 3.94. The van der Waals surface area contributed by atoms with E-state index in [0.29, 0.717) is 0 Å². The molecular formula is C14H20N4. The zero-order valence-corrected chi connectivity index (χ0v) is 10.7. The maximum Gasteiger partial charge on any atom is 0.136 e. The average molecular weight is 244 g/mol. The van der Waals surface area contributed by atoms with Gasteiger partial charge in [0.15, 0.2) is 0 Å². The third-order valence-corrected chi connectivity index (χ3v) is 4.88. The lowest BCUT2D eigenvalue weighted by atomic mass is 10.0. The number of fused-ring (bicyclic) bond motifs is 2. The van der Waals surface area contributed by atoms with Gasteiger partial charge in [0.25, 0.3) is 0 Å². The summed E-state index contributed by atoms with van der Waals surface area (Å²) in [6, 6.07) is 0. The fraction of sp³-hybridized carbons (Fsp3) is 0.714. The van der Waals surface area contributed by atoms with Crippen LogP contribution in [0.1, 0.15) is 30.5 Å². The lowest BCUT2D eigenvalue weighted by molar-refractivity contribution is 0.494. The molecule has 0 bridgehead atoms. The van der Waals surface area contributed by atoms with E-state index in [2.05, 4.69) is 20.2 Å². The number of hydrogen-bond acceptors (Lipinski definition) is 4. The molecule has 2 unspecified atom stereocenters. The molecule has 1 aromatic heterocycles. The number of nitrogens with one attached hydrogen (secondary N) is 1. The van der Waals surface area contributed by atoms with E-state index in [1.165, 1.54) is 49.4 Å². The summed E-state index contributed by atoms with van der Waals surface area (Å²) in [5.74, 6) is 3.06. The Hall–Kier alpha value is -1.16. The summed E-state index contributed by atoms with van der Waals surface area (Å²) in [4.78, 5) is 11.5. The molecule has 2 fully saturated rings. The van der Waals surface area contributed by atoms with E-state index in [0.717, 1.165) is 31.3 Å². The topological polar surface area (TPSA) is 41.1 Å². The second-order valence-corrected chi connectivity index (χ2v) is 5.91. The standard InChI is InChI=1S/C14H20N4/c1-2-10-7-18(8-11(10)3-1)14-12-6-15-5-4-13(12)16-9-17-14/h9-11,15H,1-8H2. The predicted octanol–water partition coefficient (Wildman–Crippen LogP) is 1.36. The first-order valence-corrected chi connectivity index (χ1v) is 7.20. The molecule has 0 spiro atoms. The zero-order chi connectivity index (χ0) is 11.9. The van der Waals surface area contributed by atoms with Crippen LogP contribution in [0.15, 0.2) is 6.33 Å². The van der Waals surface area contributed by atoms with Gasteiger partial charge < -0.3 is 10.2 Å². The number of hydrogen-bond donors (Lipinski definition) is 1. The third-order valence-electron chi connectivity index (χ3n) is 4.88. The van der Waals surface area contributed by atoms with E-state index < -0.39 is 0 Å². The normalized spacial score (nSPS) is 30.3. The van der Waals surface area contributed by atoms with E-state index in [1.54, 1.807) is 6.33 Å². The minimum Gasteiger partial charge on any atom is -0.356 e. The molecule has 1 saturated carbocycles. The fourth-order valence-electron chi connectivity index (χ4n) is 3.94. The van der Waals surface area contributed by atoms with Gasteiger partial charge in [-0.2, -0.15) is 0 Å². The summed E-state index contributed by atoms with van der Waals surface area (Å²) in [5, 5.41) is 3.45. The van der Waals surface area contributed by atoms with Crippen LogP contribution in [0.5, 0.6) is 0 Å². The molecule has 4 nitrogen and oxygen atoms in total. The minimum atomic E-state index is 0.923. The minimum absolute atomic E-state index is 0.923. The number of aromatic nitrogens is 2. The molecule has 1 N–H and O–H groups in total. The Labute approximate surface area is 108 Å². The van der Waals surface area contributed by atoms with Gasteiger partial charge in [-0.1, -0.05) is 6.42 Å². The van der Waals surface area contributed by atoms with Gasteiger partial charge in [-0.25, -0.2) is 9.97 Å². The van der Waals surface area contributed by atoms with Gasteiger partial charge in [-0.3, -0.25) is 0 Å². The first-order valence-electron chi connectivity index (χ1n) is 7.20. The molecule has 4 heteroatoms. The largest absolute Gasteiger partial charge is 0.356 e. The Morgan fingerprint density at radius 3 is 2.83 bits per heavy atom. The molecule has 2 aliphatic heterocycles. The zero-order valence-electron chi connectivity index (χ0n) is 10.7. The van der Waals surface area contributed by atoms with Gasteiger partial charge in [0.05, 0.1) is 5.69 Å². The van der Waals surface area contributed by atoms with Crippen molar-refractivity contribution in [2.75, 3.05) is 24.5 Å². The second-order valence-electron chi connectivity index (χ2n) is 5.91. The molecule has 1 saturated heterocycles. The molecule has 2 atom stereocenters. The van der Waals surface area contributed by atoms with Gasteiger partial charge >= 0.3 is 0 Å². The molecule has 1 aliphatic carbocycles. The van der Waals surface area contributed by atoms with Crippen LogP contribution >= 0.6 is 0 Å². The van der Waals surface area contributed by atoms with Crippen LogP contribution in [0.4, 0.5) is 5.82 Å². The monoisotopic (exact) mass is 244 g/mol. The van der Waals surface area contributed by atoms with Crippen molar-refractivity contribution in [1.82, 2.24) is 15.3 Å². The van der Waals surface area contributed by atoms with Gasteiger partial charge in [0, 0.05) is 38.2 Å². The summed E-state index contributed by atoms with van der Waals surface area (Å²) in [6.45, 7) is 4.42. The molecule has 1 aromatic rings. The van der Waals surface area contributed by atoms with Crippen molar-refractivity contribution < 1.29 is 0 Å². The first-order chi connectivity index (χ1) is 8.92. The molecule has 3 heterocycles. The number of nitrogens with zero attached hydrogens (tertiary/aromatic N) is 3. The lowest BCUT2D eigenvalue weighted by Crippen LogP contribution is -2.30. The van der Waals surface area contributed by atoms with E-state index in [9.17, 15) is 0 Å². The summed E-state index contributed by atoms with van der Waals surface area (Å²) in [5.41, 5.74) is 2.61. The highest BCUT2D eigenvalue weighted by molar-refractivity contribution is 5.50. The quantitative estimate of drug-likeness (QED) is 0.810. The van der Waals surface area contributed by atoms with Crippen LogP contribution < -0.4 is 10.2 Å². The highest BCUT2D eigenvalue weighted by Crippen LogP contribution is 2.40. The number of rotatable bonds is 1. The van der Waals surface area contributed by atoms with Gasteiger partial charge in [0.2, 0.25) is 0 Å². The number of anilines is 1. The van der Waals surface area contributed by atoms with Crippen LogP contribution in [0.25, 0.3) is 0 Å². The van der Waals surface area contributed by atoms with Crippen LogP contribution in [0, 0.1) is 11.8 Å². The van der Waals surface area contributed by atoms with Gasteiger partial charge in [0.1, 0.15) is 12.1 Å². The summed E-state index contributed by atoms with van der Waals surface area (Å²) in [6.07, 6.45) is 7.09. The van der Waals surface area contributed by atoms with Crippen LogP contribution in [0.2, 0.25) is 0 Å². The maximum absolute atomic E-state index is 4.58. The van der Waals surface area contributed by atoms with Gasteiger partial charge in [-0.15, -0.1) is 0 Å². The lowest BCUT2D eigenvalue weighted by Gasteiger charge is -2.25. The smallest absolute Gasteiger partial charge is 0.136 e. The third kappa shape index (κ3) is 1.62. The van der Waals surface area contributed by atoms with Crippen LogP contribution in [-0.2, 0) is 13.0 Å². The van der Waals surface area contributed by atoms with Crippen molar-refractivity contribution in [3.05, 3.63) is 17.6 Å². The molecule has 0 amide bonds. The van der Waals surface area contributed by atoms with E-state index in [1.807, 2.05) is 0 Å². The SMILES string of the molecule is c1nc2c(c(N3CC4CCCC4C3)n1)CNCC2. The molecular weight excluding hydrogens is 224 g/mol. The molecule has 0 radical (unpaired) electrons. The van der Waals surface area contributed by atoms with E-state index >= 15 is 0 Å². The molecule has 4 rings (SSSR count). The Morgan fingerprint density at radius 1 is 1.17 bits per heavy atom. The first kappa shape index (κ1) is 10.7. The molecule has 18 heavy (non-hydrogen) atoms. The summed E-state index contributed by atoms with van der Waals surface area (Å²) >= 11 is 0. The Balaban J connectivity index is 1.65. The van der Waals surface area contributed by atoms with Crippen molar-refractivity contribution in [3.63, 3.8) is 0 Å². The Morgan fingerprint density at radius 2 is 2.00 bits per heavy atom. The summed E-state index contributed by atoms with van der Waals surface area (Å²) < 4.78 is 0. The van der Waals surface area contributed by atoms with Crippen LogP contribution in [0.3, 0.4) is 0 Å². The van der Waals surface area contributed by atoms with E-state index in [-0.39, 0.29) is 0 Å². The molecule has 3 aliphatic rings. The maximum atomic E-state index is 4.58. The summed E-state index contributed by atoms with van der Waals surface area (Å²) in [7, 11) is 0. The Kier molecular flexibility index (Phi) is 2.50. The highest BCUT2D eigenvalue weighted by Gasteiger charge is 2.37. The molecule has 0 aromatic carbocycles. The average Bonchev–Trinajstić information content (AvgIpc) is 2.99. The van der Waals surface area contributed by atoms with Crippen molar-refractivity contribution >= 4 is 5.82 Å². The predicted molar refractivity (Wildman–Crippen MR) is 70.5 cm³/mol.